The van der Waals surface area contributed by atoms with Crippen molar-refractivity contribution in [2.45, 2.75) is 32.3 Å². The summed E-state index contributed by atoms with van der Waals surface area (Å²) in [5.74, 6) is 0.547. The molecule has 1 aromatic heterocycles. The molecule has 0 aliphatic carbocycles. The molecule has 0 saturated carbocycles. The van der Waals surface area contributed by atoms with Crippen LogP contribution in [0.5, 0.6) is 0 Å². The van der Waals surface area contributed by atoms with Crippen molar-refractivity contribution in [1.82, 2.24) is 0 Å². The first-order valence-corrected chi connectivity index (χ1v) is 9.12. The Morgan fingerprint density at radius 1 is 1.20 bits per heavy atom. The fraction of sp³-hybridized carbons (Fsp3) is 0.375. The van der Waals surface area contributed by atoms with E-state index in [0.717, 1.165) is 19.6 Å². The van der Waals surface area contributed by atoms with E-state index in [0.29, 0.717) is 5.92 Å². The van der Waals surface area contributed by atoms with Gasteiger partial charge in [0.2, 0.25) is 0 Å². The maximum atomic E-state index is 10.8. The van der Waals surface area contributed by atoms with Crippen molar-refractivity contribution in [3.05, 3.63) is 55.1 Å². The van der Waals surface area contributed by atoms with E-state index in [4.69, 9.17) is 0 Å². The van der Waals surface area contributed by atoms with Gasteiger partial charge in [-0.2, -0.15) is 0 Å². The minimum Gasteiger partial charge on any atom is -0.387 e. The normalized spacial score (nSPS) is 15.8. The summed E-state index contributed by atoms with van der Waals surface area (Å²) in [5, 5.41) is 10.8. The highest BCUT2D eigenvalue weighted by Crippen LogP contribution is 2.43. The summed E-state index contributed by atoms with van der Waals surface area (Å²) in [5.41, 5.74) is 1.20. The highest BCUT2D eigenvalue weighted by Gasteiger charge is 2.28. The maximum absolute atomic E-state index is 10.8. The summed E-state index contributed by atoms with van der Waals surface area (Å²) < 4.78 is 2.04. The van der Waals surface area contributed by atoms with Crippen LogP contribution in [0.25, 0.3) is 0 Å². The number of benzene rings is 1. The summed E-state index contributed by atoms with van der Waals surface area (Å²) in [7, 11) is 0. The Bertz CT molecular complexity index is 533. The number of hydrogen-bond donors (Lipinski definition) is 1. The third-order valence-corrected chi connectivity index (χ3v) is 7.06. The van der Waals surface area contributed by atoms with Gasteiger partial charge in [-0.3, -0.25) is 0 Å². The third kappa shape index (κ3) is 3.53. The molecule has 0 bridgehead atoms. The molecule has 4 heteroatoms. The molecule has 0 spiro atoms. The summed E-state index contributed by atoms with van der Waals surface area (Å²) in [6, 6.07) is 12.3. The van der Waals surface area contributed by atoms with Gasteiger partial charge in [0.15, 0.2) is 0 Å². The molecule has 0 fully saturated rings. The largest absolute Gasteiger partial charge is 0.387 e. The van der Waals surface area contributed by atoms with Gasteiger partial charge < -0.3 is 5.11 Å². The molecule has 0 radical (unpaired) electrons. The van der Waals surface area contributed by atoms with E-state index in [1.807, 2.05) is 24.3 Å². The lowest BCUT2D eigenvalue weighted by Gasteiger charge is -2.28. The smallest absolute Gasteiger partial charge is 0.0953 e. The lowest BCUT2D eigenvalue weighted by atomic mass is 9.81. The van der Waals surface area contributed by atoms with Crippen molar-refractivity contribution in [1.29, 1.82) is 0 Å². The monoisotopic (exact) mass is 416 g/mol. The molecule has 3 atom stereocenters. The fourth-order valence-electron chi connectivity index (χ4n) is 2.44. The van der Waals surface area contributed by atoms with E-state index in [1.165, 1.54) is 5.56 Å². The van der Waals surface area contributed by atoms with Gasteiger partial charge in [-0.25, -0.2) is 0 Å². The number of hydrogen-bond acceptors (Lipinski definition) is 2. The van der Waals surface area contributed by atoms with Crippen molar-refractivity contribution in [2.75, 3.05) is 0 Å². The molecule has 2 aromatic rings. The van der Waals surface area contributed by atoms with Crippen molar-refractivity contribution in [3.63, 3.8) is 0 Å². The fourth-order valence-corrected chi connectivity index (χ4v) is 4.56. The van der Waals surface area contributed by atoms with Crippen LogP contribution >= 0.6 is 43.2 Å². The molecule has 0 saturated heterocycles. The highest BCUT2D eigenvalue weighted by molar-refractivity contribution is 9.13. The second-order valence-corrected chi connectivity index (χ2v) is 8.29. The van der Waals surface area contributed by atoms with Crippen molar-refractivity contribution in [3.8, 4) is 0 Å². The second-order valence-electron chi connectivity index (χ2n) is 5.04. The lowest BCUT2D eigenvalue weighted by molar-refractivity contribution is 0.121. The average Bonchev–Trinajstić information content (AvgIpc) is 2.80. The molecule has 1 nitrogen and oxygen atoms in total. The Kier molecular flexibility index (Phi) is 5.84. The summed E-state index contributed by atoms with van der Waals surface area (Å²) >= 11 is 8.59. The van der Waals surface area contributed by atoms with Crippen LogP contribution in [0.2, 0.25) is 0 Å². The third-order valence-electron chi connectivity index (χ3n) is 3.74. The van der Waals surface area contributed by atoms with Gasteiger partial charge in [-0.1, -0.05) is 50.6 Å². The molecule has 1 N–H and O–H groups in total. The molecule has 0 amide bonds. The summed E-state index contributed by atoms with van der Waals surface area (Å²) in [6.45, 7) is 4.38. The topological polar surface area (TPSA) is 20.2 Å². The van der Waals surface area contributed by atoms with Crippen LogP contribution in [0.4, 0.5) is 0 Å². The Morgan fingerprint density at radius 3 is 2.35 bits per heavy atom. The standard InChI is InChI=1S/C16H18Br2OS/c1-3-10(2)14(11-7-5-4-6-8-11)15(19)13-9-12(17)16(18)20-13/h4-10,14-15,19H,3H2,1-2H3. The first-order chi connectivity index (χ1) is 9.54. The van der Waals surface area contributed by atoms with Crippen molar-refractivity contribution < 1.29 is 5.11 Å². The van der Waals surface area contributed by atoms with E-state index in [1.54, 1.807) is 11.3 Å². The first kappa shape index (κ1) is 16.2. The average molecular weight is 418 g/mol. The van der Waals surface area contributed by atoms with Crippen molar-refractivity contribution >= 4 is 43.2 Å². The zero-order chi connectivity index (χ0) is 14.7. The Morgan fingerprint density at radius 2 is 1.85 bits per heavy atom. The van der Waals surface area contributed by atoms with Crippen LogP contribution in [0, 0.1) is 5.92 Å². The van der Waals surface area contributed by atoms with Crippen LogP contribution < -0.4 is 0 Å². The van der Waals surface area contributed by atoms with Crippen molar-refractivity contribution in [2.24, 2.45) is 5.92 Å². The van der Waals surface area contributed by atoms with Gasteiger partial charge in [-0.15, -0.1) is 11.3 Å². The molecular formula is C16H18Br2OS. The molecule has 20 heavy (non-hydrogen) atoms. The van der Waals surface area contributed by atoms with Gasteiger partial charge in [0, 0.05) is 15.3 Å². The maximum Gasteiger partial charge on any atom is 0.0953 e. The highest BCUT2D eigenvalue weighted by atomic mass is 79.9. The zero-order valence-electron chi connectivity index (χ0n) is 11.5. The summed E-state index contributed by atoms with van der Waals surface area (Å²) in [6.07, 6.45) is 0.574. The molecular weight excluding hydrogens is 400 g/mol. The predicted octanol–water partition coefficient (Wildman–Crippen LogP) is 6.14. The van der Waals surface area contributed by atoms with Crippen LogP contribution in [0.15, 0.2) is 44.7 Å². The zero-order valence-corrected chi connectivity index (χ0v) is 15.5. The van der Waals surface area contributed by atoms with E-state index >= 15 is 0 Å². The van der Waals surface area contributed by atoms with E-state index in [-0.39, 0.29) is 5.92 Å². The van der Waals surface area contributed by atoms with Crippen LogP contribution in [-0.4, -0.2) is 5.11 Å². The predicted molar refractivity (Wildman–Crippen MR) is 93.3 cm³/mol. The van der Waals surface area contributed by atoms with Crippen LogP contribution in [0.1, 0.15) is 42.7 Å². The van der Waals surface area contributed by atoms with E-state index in [2.05, 4.69) is 57.8 Å². The number of aliphatic hydroxyl groups excluding tert-OH is 1. The number of aliphatic hydroxyl groups is 1. The molecule has 0 aliphatic heterocycles. The molecule has 3 unspecified atom stereocenters. The Hall–Kier alpha value is -0.160. The molecule has 1 aromatic carbocycles. The Labute approximate surface area is 141 Å². The number of rotatable bonds is 5. The Balaban J connectivity index is 2.36. The molecule has 1 heterocycles. The molecule has 0 aliphatic rings. The van der Waals surface area contributed by atoms with Gasteiger partial charge in [0.1, 0.15) is 0 Å². The molecule has 2 rings (SSSR count). The van der Waals surface area contributed by atoms with Gasteiger partial charge >= 0.3 is 0 Å². The van der Waals surface area contributed by atoms with E-state index < -0.39 is 6.10 Å². The number of thiophene rings is 1. The SMILES string of the molecule is CCC(C)C(c1ccccc1)C(O)c1cc(Br)c(Br)s1. The summed E-state index contributed by atoms with van der Waals surface area (Å²) in [4.78, 5) is 0.998. The lowest BCUT2D eigenvalue weighted by Crippen LogP contribution is -2.17. The van der Waals surface area contributed by atoms with Gasteiger partial charge in [0.05, 0.1) is 9.89 Å². The van der Waals surface area contributed by atoms with Crippen LogP contribution in [-0.2, 0) is 0 Å². The van der Waals surface area contributed by atoms with Gasteiger partial charge in [-0.05, 0) is 49.4 Å². The number of halogens is 2. The quantitative estimate of drug-likeness (QED) is 0.619. The van der Waals surface area contributed by atoms with E-state index in [9.17, 15) is 5.11 Å². The van der Waals surface area contributed by atoms with Crippen LogP contribution in [0.3, 0.4) is 0 Å². The second kappa shape index (κ2) is 7.21. The first-order valence-electron chi connectivity index (χ1n) is 6.72. The van der Waals surface area contributed by atoms with Gasteiger partial charge in [0.25, 0.3) is 0 Å². The molecule has 108 valence electrons. The minimum atomic E-state index is -0.472. The minimum absolute atomic E-state index is 0.124.